The molecule has 0 saturated heterocycles. The van der Waals surface area contributed by atoms with Crippen molar-refractivity contribution in [3.8, 4) is 11.3 Å². The number of aromatic amines is 1. The summed E-state index contributed by atoms with van der Waals surface area (Å²) in [6.45, 7) is -1.06. The van der Waals surface area contributed by atoms with Crippen molar-refractivity contribution in [2.75, 3.05) is 11.4 Å². The van der Waals surface area contributed by atoms with E-state index in [9.17, 15) is 26.7 Å². The lowest BCUT2D eigenvalue weighted by molar-refractivity contribution is 0.157. The number of H-pyrrole nitrogens is 1. The molecule has 1 N–H and O–H groups in total. The zero-order valence-electron chi connectivity index (χ0n) is 17.4. The Morgan fingerprint density at radius 3 is 2.53 bits per heavy atom. The predicted molar refractivity (Wildman–Crippen MR) is 115 cm³/mol. The largest absolute Gasteiger partial charge is 0.347 e. The van der Waals surface area contributed by atoms with E-state index in [1.165, 1.54) is 12.3 Å². The molecule has 0 aliphatic heterocycles. The molecule has 0 unspecified atom stereocenters. The molecule has 1 aliphatic carbocycles. The maximum atomic E-state index is 14.7. The molecule has 2 aromatic heterocycles. The highest BCUT2D eigenvalue weighted by molar-refractivity contribution is 5.92. The lowest BCUT2D eigenvalue weighted by atomic mass is 10.1. The number of rotatable bonds is 6. The van der Waals surface area contributed by atoms with Gasteiger partial charge < -0.3 is 9.88 Å². The second kappa shape index (κ2) is 8.47. The van der Waals surface area contributed by atoms with Crippen LogP contribution in [0.1, 0.15) is 24.5 Å². The molecule has 1 saturated carbocycles. The molecular formula is C23H16F5N5O. The van der Waals surface area contributed by atoms with E-state index in [1.54, 1.807) is 6.20 Å². The van der Waals surface area contributed by atoms with Crippen molar-refractivity contribution < 1.29 is 22.0 Å². The van der Waals surface area contributed by atoms with Crippen LogP contribution in [0.5, 0.6) is 0 Å². The van der Waals surface area contributed by atoms with Gasteiger partial charge in [-0.2, -0.15) is 4.98 Å². The third-order valence-corrected chi connectivity index (χ3v) is 5.50. The van der Waals surface area contributed by atoms with Crippen molar-refractivity contribution in [1.82, 2.24) is 19.9 Å². The third kappa shape index (κ3) is 4.20. The molecule has 0 radical (unpaired) electrons. The number of nitrogens with zero attached hydrogens (tertiary/aromatic N) is 4. The summed E-state index contributed by atoms with van der Waals surface area (Å²) in [5.41, 5.74) is 0.0769. The number of anilines is 2. The second-order valence-electron chi connectivity index (χ2n) is 7.95. The van der Waals surface area contributed by atoms with Gasteiger partial charge in [-0.1, -0.05) is 0 Å². The van der Waals surface area contributed by atoms with Crippen molar-refractivity contribution in [2.45, 2.75) is 25.2 Å². The minimum atomic E-state index is -2.97. The Morgan fingerprint density at radius 1 is 1.06 bits per heavy atom. The van der Waals surface area contributed by atoms with Crippen molar-refractivity contribution in [1.29, 1.82) is 0 Å². The monoisotopic (exact) mass is 473 g/mol. The zero-order valence-corrected chi connectivity index (χ0v) is 17.4. The van der Waals surface area contributed by atoms with Crippen LogP contribution in [-0.2, 0) is 0 Å². The van der Waals surface area contributed by atoms with Crippen LogP contribution in [0.4, 0.5) is 33.5 Å². The highest BCUT2D eigenvalue weighted by atomic mass is 19.3. The van der Waals surface area contributed by atoms with Gasteiger partial charge in [0.25, 0.3) is 6.43 Å². The Bertz CT molecular complexity index is 1440. The summed E-state index contributed by atoms with van der Waals surface area (Å²) in [4.78, 5) is 27.4. The minimum Gasteiger partial charge on any atom is -0.320 e. The molecule has 0 amide bonds. The molecule has 34 heavy (non-hydrogen) atoms. The van der Waals surface area contributed by atoms with Crippen molar-refractivity contribution in [3.63, 3.8) is 0 Å². The Kier molecular flexibility index (Phi) is 5.46. The number of alkyl halides is 2. The molecule has 4 aromatic rings. The molecule has 11 heteroatoms. The first kappa shape index (κ1) is 21.9. The number of fused-ring (bicyclic) bond motifs is 1. The normalized spacial score (nSPS) is 13.6. The van der Waals surface area contributed by atoms with Crippen LogP contribution in [0.3, 0.4) is 0 Å². The van der Waals surface area contributed by atoms with Crippen LogP contribution in [0.25, 0.3) is 22.2 Å². The van der Waals surface area contributed by atoms with Gasteiger partial charge in [-0.3, -0.25) is 9.97 Å². The number of halogens is 5. The van der Waals surface area contributed by atoms with Crippen LogP contribution < -0.4 is 10.6 Å². The van der Waals surface area contributed by atoms with Gasteiger partial charge in [0.15, 0.2) is 17.5 Å². The number of hydrogen-bond acceptors (Lipinski definition) is 5. The van der Waals surface area contributed by atoms with Crippen LogP contribution in [-0.4, -0.2) is 32.9 Å². The molecule has 2 aromatic carbocycles. The van der Waals surface area contributed by atoms with E-state index in [0.29, 0.717) is 11.6 Å². The summed E-state index contributed by atoms with van der Waals surface area (Å²) >= 11 is 0. The summed E-state index contributed by atoms with van der Waals surface area (Å²) in [5, 5.41) is -0.514. The summed E-state index contributed by atoms with van der Waals surface area (Å²) in [6, 6.07) is 5.31. The third-order valence-electron chi connectivity index (χ3n) is 5.50. The first-order valence-corrected chi connectivity index (χ1v) is 10.4. The number of benzene rings is 2. The Morgan fingerprint density at radius 2 is 1.85 bits per heavy atom. The molecular weight excluding hydrogens is 457 g/mol. The van der Waals surface area contributed by atoms with Gasteiger partial charge >= 0.3 is 5.69 Å². The molecule has 0 atom stereocenters. The maximum absolute atomic E-state index is 14.7. The van der Waals surface area contributed by atoms with Crippen molar-refractivity contribution in [3.05, 3.63) is 76.4 Å². The highest BCUT2D eigenvalue weighted by Gasteiger charge is 2.26. The van der Waals surface area contributed by atoms with Gasteiger partial charge in [0, 0.05) is 23.4 Å². The molecule has 5 rings (SSSR count). The Hall–Kier alpha value is -3.89. The summed E-state index contributed by atoms with van der Waals surface area (Å²) in [5.74, 6) is -3.64. The lowest BCUT2D eigenvalue weighted by Crippen LogP contribution is -2.28. The molecule has 6 nitrogen and oxygen atoms in total. The maximum Gasteiger partial charge on any atom is 0.347 e. The van der Waals surface area contributed by atoms with E-state index >= 15 is 0 Å². The fraction of sp³-hybridized carbons (Fsp3) is 0.217. The topological polar surface area (TPSA) is 74.8 Å². The first-order valence-electron chi connectivity index (χ1n) is 10.4. The van der Waals surface area contributed by atoms with Gasteiger partial charge in [-0.05, 0) is 43.2 Å². The van der Waals surface area contributed by atoms with Crippen LogP contribution in [0.15, 0.2) is 47.5 Å². The SMILES string of the molecule is O=c1nc(N(CC(F)F)c2cc(F)cc(-c3cnc(C4CC4)cn3)c2)c2c(F)c(F)ccc2[nH]1. The van der Waals surface area contributed by atoms with Gasteiger partial charge in [-0.15, -0.1) is 0 Å². The fourth-order valence-corrected chi connectivity index (χ4v) is 3.77. The molecule has 1 fully saturated rings. The van der Waals surface area contributed by atoms with Gasteiger partial charge in [0.2, 0.25) is 0 Å². The van der Waals surface area contributed by atoms with Crippen molar-refractivity contribution in [2.24, 2.45) is 0 Å². The molecule has 0 bridgehead atoms. The quantitative estimate of drug-likeness (QED) is 0.396. The smallest absolute Gasteiger partial charge is 0.320 e. The van der Waals surface area contributed by atoms with Crippen molar-refractivity contribution >= 4 is 22.4 Å². The van der Waals surface area contributed by atoms with E-state index in [2.05, 4.69) is 19.9 Å². The fourth-order valence-electron chi connectivity index (χ4n) is 3.77. The number of aromatic nitrogens is 4. The van der Waals surface area contributed by atoms with E-state index in [1.807, 2.05) is 0 Å². The van der Waals surface area contributed by atoms with Crippen LogP contribution in [0.2, 0.25) is 0 Å². The average molecular weight is 473 g/mol. The van der Waals surface area contributed by atoms with Gasteiger partial charge in [0.1, 0.15) is 5.82 Å². The van der Waals surface area contributed by atoms with E-state index in [-0.39, 0.29) is 16.8 Å². The minimum absolute atomic E-state index is 0.147. The molecule has 174 valence electrons. The number of hydrogen-bond donors (Lipinski definition) is 1. The summed E-state index contributed by atoms with van der Waals surface area (Å²) in [6.07, 6.45) is 2.11. The van der Waals surface area contributed by atoms with Gasteiger partial charge in [0.05, 0.1) is 35.0 Å². The Balaban J connectivity index is 1.67. The van der Waals surface area contributed by atoms with E-state index in [4.69, 9.17) is 0 Å². The zero-order chi connectivity index (χ0) is 24.0. The van der Waals surface area contributed by atoms with Crippen LogP contribution >= 0.6 is 0 Å². The number of nitrogens with one attached hydrogen (secondary N) is 1. The average Bonchev–Trinajstić information content (AvgIpc) is 3.64. The molecule has 2 heterocycles. The highest BCUT2D eigenvalue weighted by Crippen LogP contribution is 2.39. The van der Waals surface area contributed by atoms with Gasteiger partial charge in [-0.25, -0.2) is 26.7 Å². The van der Waals surface area contributed by atoms with Crippen LogP contribution in [0, 0.1) is 17.5 Å². The lowest BCUT2D eigenvalue weighted by Gasteiger charge is -2.25. The molecule has 0 spiro atoms. The standard InChI is InChI=1S/C23H16F5N5O/c24-13-5-12(18-9-29-17(8-30-18)11-1-2-11)6-14(7-13)33(10-19(26)27)22-20-16(31-23(34)32-22)4-3-15(25)21(20)28/h3-9,11,19H,1-2,10H2,(H,31,32,34). The summed E-state index contributed by atoms with van der Waals surface area (Å²) < 4.78 is 70.3. The summed E-state index contributed by atoms with van der Waals surface area (Å²) in [7, 11) is 0. The molecule has 1 aliphatic rings. The predicted octanol–water partition coefficient (Wildman–Crippen LogP) is 5.08. The first-order chi connectivity index (χ1) is 16.3. The van der Waals surface area contributed by atoms with E-state index < -0.39 is 47.3 Å². The Labute approximate surface area is 189 Å². The second-order valence-corrected chi connectivity index (χ2v) is 7.95. The van der Waals surface area contributed by atoms with E-state index in [0.717, 1.165) is 47.7 Å².